The molecule has 0 saturated heterocycles. The standard InChI is InChI=1S/C3H2B/c4-3-1-2-3/h1-2H. The predicted octanol–water partition coefficient (Wildman–Crippen LogP) is -0.103. The van der Waals surface area contributed by atoms with Crippen LogP contribution in [0, 0.1) is 0 Å². The van der Waals surface area contributed by atoms with Crippen molar-refractivity contribution >= 4 is 13.0 Å². The van der Waals surface area contributed by atoms with Gasteiger partial charge in [0.15, 0.2) is 0 Å². The van der Waals surface area contributed by atoms with Crippen molar-refractivity contribution in [3.8, 4) is 0 Å². The van der Waals surface area contributed by atoms with Gasteiger partial charge < -0.3 is 0 Å². The van der Waals surface area contributed by atoms with E-state index in [1.807, 2.05) is 12.2 Å². The van der Waals surface area contributed by atoms with E-state index in [9.17, 15) is 0 Å². The fourth-order valence-electron chi connectivity index (χ4n) is 0.0481. The monoisotopic (exact) mass is 49.0 g/mol. The minimum absolute atomic E-state index is 0.917. The van der Waals surface area contributed by atoms with Crippen LogP contribution in [0.3, 0.4) is 0 Å². The van der Waals surface area contributed by atoms with Crippen molar-refractivity contribution in [3.05, 3.63) is 12.2 Å². The molecule has 0 aromatic rings. The zero-order chi connectivity index (χ0) is 2.99. The molecule has 0 atom stereocenters. The molecule has 0 amide bonds. The summed E-state index contributed by atoms with van der Waals surface area (Å²) in [5, 5.41) is 0. The summed E-state index contributed by atoms with van der Waals surface area (Å²) in [7, 11) is 5.03. The first-order valence-corrected chi connectivity index (χ1v) is 1.20. The first kappa shape index (κ1) is 1.95. The van der Waals surface area contributed by atoms with Crippen LogP contribution in [-0.2, 0) is 0 Å². The molecule has 1 rings (SSSR count). The molecule has 0 saturated carbocycles. The minimum atomic E-state index is 0.917. The molecule has 1 heteroatoms. The van der Waals surface area contributed by atoms with Gasteiger partial charge in [0.2, 0.25) is 0 Å². The van der Waals surface area contributed by atoms with Crippen molar-refractivity contribution in [1.82, 2.24) is 0 Å². The van der Waals surface area contributed by atoms with Gasteiger partial charge in [0.25, 0.3) is 0 Å². The molecule has 0 bridgehead atoms. The summed E-state index contributed by atoms with van der Waals surface area (Å²) in [6.45, 7) is 0. The Morgan fingerprint density at radius 3 is 1.75 bits per heavy atom. The zero-order valence-corrected chi connectivity index (χ0v) is 2.23. The van der Waals surface area contributed by atoms with E-state index in [1.54, 1.807) is 0 Å². The molecule has 0 nitrogen and oxygen atoms in total. The third-order valence-corrected chi connectivity index (χ3v) is 0.359. The summed E-state index contributed by atoms with van der Waals surface area (Å²) < 4.78 is 0. The van der Waals surface area contributed by atoms with Crippen LogP contribution in [0.4, 0.5) is 0 Å². The van der Waals surface area contributed by atoms with Crippen molar-refractivity contribution in [2.75, 3.05) is 0 Å². The molecule has 1 aliphatic carbocycles. The predicted molar refractivity (Wildman–Crippen MR) is 19.9 cm³/mol. The van der Waals surface area contributed by atoms with Gasteiger partial charge >= 0.3 is 25.1 Å². The van der Waals surface area contributed by atoms with E-state index in [2.05, 4.69) is 0 Å². The fraction of sp³-hybridized carbons (Fsp3) is 0. The number of hydrogen-bond donors (Lipinski definition) is 0. The van der Waals surface area contributed by atoms with E-state index in [0.29, 0.717) is 0 Å². The Labute approximate surface area is 26.2 Å². The van der Waals surface area contributed by atoms with Gasteiger partial charge in [0.1, 0.15) is 0 Å². The van der Waals surface area contributed by atoms with Crippen molar-refractivity contribution in [1.29, 1.82) is 0 Å². The maximum absolute atomic E-state index is 5.03. The van der Waals surface area contributed by atoms with E-state index in [4.69, 9.17) is 7.49 Å². The number of rotatable bonds is 0. The van der Waals surface area contributed by atoms with Crippen molar-refractivity contribution in [2.24, 2.45) is 0 Å². The zero-order valence-electron chi connectivity index (χ0n) is 2.23. The second-order valence-electron chi connectivity index (χ2n) is 0.833. The molecule has 0 fully saturated rings. The number of allylic oxidation sites excluding steroid dienone is 2. The first-order valence-electron chi connectivity index (χ1n) is 1.20. The topological polar surface area (TPSA) is 0 Å². The van der Waals surface area contributed by atoms with Gasteiger partial charge in [-0.2, -0.15) is 0 Å². The average molecular weight is 48.9 g/mol. The van der Waals surface area contributed by atoms with Gasteiger partial charge in [-0.25, -0.2) is 0 Å². The second-order valence-corrected chi connectivity index (χ2v) is 0.833. The van der Waals surface area contributed by atoms with Crippen LogP contribution in [0.1, 0.15) is 0 Å². The van der Waals surface area contributed by atoms with E-state index < -0.39 is 0 Å². The van der Waals surface area contributed by atoms with E-state index in [0.717, 1.165) is 5.46 Å². The number of hydrogen-bond acceptors (Lipinski definition) is 0. The Balaban J connectivity index is 2.80. The molecule has 0 spiro atoms. The Kier molecular flexibility index (Phi) is 0.167. The van der Waals surface area contributed by atoms with Crippen LogP contribution < -0.4 is 0 Å². The molecular formula is C3H2B. The van der Waals surface area contributed by atoms with Crippen LogP contribution in [0.15, 0.2) is 12.2 Å². The normalized spacial score (nSPS) is 17.2. The molecule has 0 unspecified atom stereocenters. The van der Waals surface area contributed by atoms with Gasteiger partial charge in [-0.05, 0) is 0 Å². The third-order valence-electron chi connectivity index (χ3n) is 0.359. The van der Waals surface area contributed by atoms with Crippen LogP contribution in [0.5, 0.6) is 0 Å². The summed E-state index contributed by atoms with van der Waals surface area (Å²) in [5.74, 6) is 0. The molecule has 0 aromatic heterocycles. The molecule has 1 aliphatic rings. The van der Waals surface area contributed by atoms with E-state index >= 15 is 0 Å². The van der Waals surface area contributed by atoms with Gasteiger partial charge in [-0.1, -0.05) is 0 Å². The first-order chi connectivity index (χ1) is 1.89. The summed E-state index contributed by atoms with van der Waals surface area (Å²) in [6.07, 6.45) is 3.72. The summed E-state index contributed by atoms with van der Waals surface area (Å²) in [5.41, 5.74) is 0.917. The Hall–Kier alpha value is -0.325. The van der Waals surface area contributed by atoms with Gasteiger partial charge in [0.05, 0.1) is 0 Å². The van der Waals surface area contributed by atoms with Gasteiger partial charge in [0, 0.05) is 0 Å². The molecule has 1 radical (unpaired) electrons. The summed E-state index contributed by atoms with van der Waals surface area (Å²) >= 11 is 0. The fourth-order valence-corrected chi connectivity index (χ4v) is 0.0481. The Morgan fingerprint density at radius 2 is 1.75 bits per heavy atom. The van der Waals surface area contributed by atoms with E-state index in [-0.39, 0.29) is 0 Å². The average Bonchev–Trinajstić information content (AvgIpc) is 1.75. The SMILES string of the molecule is [B]=C1C=C1. The van der Waals surface area contributed by atoms with E-state index in [1.165, 1.54) is 0 Å². The van der Waals surface area contributed by atoms with Crippen LogP contribution in [0.25, 0.3) is 0 Å². The molecule has 17 valence electrons. The van der Waals surface area contributed by atoms with Crippen molar-refractivity contribution in [3.63, 3.8) is 0 Å². The van der Waals surface area contributed by atoms with Crippen LogP contribution >= 0.6 is 0 Å². The van der Waals surface area contributed by atoms with Crippen LogP contribution in [-0.4, -0.2) is 13.0 Å². The van der Waals surface area contributed by atoms with Crippen molar-refractivity contribution < 1.29 is 0 Å². The maximum atomic E-state index is 5.03. The molecule has 0 aliphatic heterocycles. The Morgan fingerprint density at radius 1 is 1.50 bits per heavy atom. The van der Waals surface area contributed by atoms with Crippen LogP contribution in [0.2, 0.25) is 0 Å². The summed E-state index contributed by atoms with van der Waals surface area (Å²) in [4.78, 5) is 0. The quantitative estimate of drug-likeness (QED) is 0.336. The third kappa shape index (κ3) is 0.107. The second kappa shape index (κ2) is 0.343. The van der Waals surface area contributed by atoms with Crippen molar-refractivity contribution in [2.45, 2.75) is 0 Å². The van der Waals surface area contributed by atoms with Gasteiger partial charge in [-0.3, -0.25) is 0 Å². The molecule has 0 heterocycles. The summed E-state index contributed by atoms with van der Waals surface area (Å²) in [6, 6.07) is 0. The molecule has 4 heavy (non-hydrogen) atoms. The molecular weight excluding hydrogens is 46.8 g/mol. The molecule has 0 aromatic carbocycles. The van der Waals surface area contributed by atoms with Gasteiger partial charge in [-0.15, -0.1) is 0 Å². The molecule has 0 N–H and O–H groups in total. The Bertz CT molecular complexity index is 63.4.